The second kappa shape index (κ2) is 6.70. The number of aromatic nitrogens is 4. The van der Waals surface area contributed by atoms with E-state index >= 15 is 0 Å². The zero-order valence-corrected chi connectivity index (χ0v) is 16.4. The number of hydrogen-bond acceptors (Lipinski definition) is 4. The minimum atomic E-state index is -0.351. The molecule has 1 aliphatic rings. The Morgan fingerprint density at radius 1 is 1.29 bits per heavy atom. The SMILES string of the molecule is C=C(C)Cn1c(=O)c2c([nH]c3[n+]2CCCN3c2ccc(OC)cc2)n(C)c1=O. The summed E-state index contributed by atoms with van der Waals surface area (Å²) < 4.78 is 9.96. The van der Waals surface area contributed by atoms with E-state index in [-0.39, 0.29) is 17.8 Å². The van der Waals surface area contributed by atoms with Gasteiger partial charge in [0, 0.05) is 13.5 Å². The highest BCUT2D eigenvalue weighted by Crippen LogP contribution is 2.27. The molecule has 2 aromatic heterocycles. The van der Waals surface area contributed by atoms with Crippen molar-refractivity contribution in [3.63, 3.8) is 0 Å². The third kappa shape index (κ3) is 2.72. The van der Waals surface area contributed by atoms with E-state index in [1.165, 1.54) is 9.13 Å². The Labute approximate surface area is 161 Å². The Morgan fingerprint density at radius 3 is 2.64 bits per heavy atom. The maximum absolute atomic E-state index is 13.1. The quantitative estimate of drug-likeness (QED) is 0.547. The third-order valence-corrected chi connectivity index (χ3v) is 5.11. The number of nitrogens with zero attached hydrogens (tertiary/aromatic N) is 4. The van der Waals surface area contributed by atoms with Gasteiger partial charge in [0.15, 0.2) is 0 Å². The van der Waals surface area contributed by atoms with Gasteiger partial charge in [-0.05, 0) is 31.2 Å². The Bertz CT molecular complexity index is 1180. The average molecular weight is 382 g/mol. The van der Waals surface area contributed by atoms with Crippen LogP contribution in [0, 0.1) is 0 Å². The molecule has 0 spiro atoms. The summed E-state index contributed by atoms with van der Waals surface area (Å²) in [7, 11) is 3.32. The highest BCUT2D eigenvalue weighted by molar-refractivity contribution is 5.70. The van der Waals surface area contributed by atoms with Crippen LogP contribution in [0.2, 0.25) is 0 Å². The van der Waals surface area contributed by atoms with Crippen molar-refractivity contribution in [3.8, 4) is 5.75 Å². The van der Waals surface area contributed by atoms with E-state index in [2.05, 4.69) is 16.5 Å². The highest BCUT2D eigenvalue weighted by atomic mass is 16.5. The zero-order chi connectivity index (χ0) is 20.0. The number of rotatable bonds is 4. The molecule has 3 aromatic rings. The molecule has 1 N–H and O–H groups in total. The topological polar surface area (TPSA) is 76.1 Å². The van der Waals surface area contributed by atoms with E-state index in [1.54, 1.807) is 21.1 Å². The standard InChI is InChI=1S/C20H23N5O3/c1-13(2)12-25-18(26)16-17(22(3)20(25)27)21-19-23(10-5-11-24(16)19)14-6-8-15(28-4)9-7-14/h6-9H,1,5,10-12H2,2-4H3/p+1. The summed E-state index contributed by atoms with van der Waals surface area (Å²) in [5.74, 6) is 1.59. The maximum atomic E-state index is 13.1. The van der Waals surface area contributed by atoms with Gasteiger partial charge in [-0.15, -0.1) is 0 Å². The summed E-state index contributed by atoms with van der Waals surface area (Å²) in [6, 6.07) is 7.79. The second-order valence-corrected chi connectivity index (χ2v) is 7.19. The first-order valence-corrected chi connectivity index (χ1v) is 9.23. The van der Waals surface area contributed by atoms with Crippen molar-refractivity contribution in [2.75, 3.05) is 18.6 Å². The first kappa shape index (κ1) is 18.1. The normalized spacial score (nSPS) is 13.6. The molecule has 146 valence electrons. The summed E-state index contributed by atoms with van der Waals surface area (Å²) in [5, 5.41) is 0. The van der Waals surface area contributed by atoms with Gasteiger partial charge in [-0.3, -0.25) is 13.9 Å². The molecule has 8 nitrogen and oxygen atoms in total. The number of anilines is 2. The van der Waals surface area contributed by atoms with E-state index in [0.717, 1.165) is 35.9 Å². The molecule has 0 saturated carbocycles. The van der Waals surface area contributed by atoms with Gasteiger partial charge in [-0.25, -0.2) is 19.2 Å². The van der Waals surface area contributed by atoms with E-state index in [1.807, 2.05) is 28.8 Å². The van der Waals surface area contributed by atoms with Crippen molar-refractivity contribution < 1.29 is 9.30 Å². The smallest absolute Gasteiger partial charge is 0.364 e. The fourth-order valence-corrected chi connectivity index (χ4v) is 3.76. The van der Waals surface area contributed by atoms with Crippen LogP contribution in [0.25, 0.3) is 11.2 Å². The number of fused-ring (bicyclic) bond motifs is 3. The Morgan fingerprint density at radius 2 is 2.00 bits per heavy atom. The second-order valence-electron chi connectivity index (χ2n) is 7.19. The number of methoxy groups -OCH3 is 1. The van der Waals surface area contributed by atoms with E-state index in [9.17, 15) is 9.59 Å². The van der Waals surface area contributed by atoms with Gasteiger partial charge in [-0.2, -0.15) is 0 Å². The van der Waals surface area contributed by atoms with Crippen molar-refractivity contribution in [1.82, 2.24) is 14.1 Å². The molecule has 28 heavy (non-hydrogen) atoms. The summed E-state index contributed by atoms with van der Waals surface area (Å²) >= 11 is 0. The van der Waals surface area contributed by atoms with Crippen molar-refractivity contribution in [1.29, 1.82) is 0 Å². The molecule has 0 unspecified atom stereocenters. The predicted molar refractivity (Wildman–Crippen MR) is 107 cm³/mol. The van der Waals surface area contributed by atoms with E-state index < -0.39 is 0 Å². The molecule has 3 heterocycles. The van der Waals surface area contributed by atoms with Crippen molar-refractivity contribution in [3.05, 3.63) is 57.3 Å². The molecular weight excluding hydrogens is 358 g/mol. The first-order valence-electron chi connectivity index (χ1n) is 9.23. The molecule has 8 heteroatoms. The molecule has 0 fully saturated rings. The third-order valence-electron chi connectivity index (χ3n) is 5.11. The molecule has 0 atom stereocenters. The van der Waals surface area contributed by atoms with Crippen LogP contribution in [-0.2, 0) is 20.1 Å². The lowest BCUT2D eigenvalue weighted by Gasteiger charge is -2.22. The van der Waals surface area contributed by atoms with Gasteiger partial charge in [0.05, 0.1) is 26.7 Å². The van der Waals surface area contributed by atoms with Crippen LogP contribution in [0.4, 0.5) is 11.6 Å². The number of aromatic amines is 1. The summed E-state index contributed by atoms with van der Waals surface area (Å²) in [6.45, 7) is 7.38. The zero-order valence-electron chi connectivity index (χ0n) is 16.4. The number of aryl methyl sites for hydroxylation is 2. The maximum Gasteiger partial charge on any atom is 0.364 e. The largest absolute Gasteiger partial charge is 0.497 e. The van der Waals surface area contributed by atoms with Crippen molar-refractivity contribution in [2.24, 2.45) is 7.05 Å². The van der Waals surface area contributed by atoms with Crippen molar-refractivity contribution >= 4 is 22.8 Å². The summed E-state index contributed by atoms with van der Waals surface area (Å²) in [5.41, 5.74) is 2.15. The predicted octanol–water partition coefficient (Wildman–Crippen LogP) is 1.44. The number of ether oxygens (including phenoxy) is 1. The number of imidazole rings is 1. The van der Waals surface area contributed by atoms with Gasteiger partial charge in [0.25, 0.3) is 5.56 Å². The molecule has 0 bridgehead atoms. The van der Waals surface area contributed by atoms with Gasteiger partial charge in [0.2, 0.25) is 11.2 Å². The van der Waals surface area contributed by atoms with Crippen LogP contribution in [0.3, 0.4) is 0 Å². The number of H-pyrrole nitrogens is 1. The fourth-order valence-electron chi connectivity index (χ4n) is 3.76. The first-order chi connectivity index (χ1) is 13.4. The minimum absolute atomic E-state index is 0.212. The molecular formula is C20H24N5O3+. The Hall–Kier alpha value is -3.29. The molecule has 4 rings (SSSR count). The Kier molecular flexibility index (Phi) is 4.33. The monoisotopic (exact) mass is 382 g/mol. The van der Waals surface area contributed by atoms with Gasteiger partial charge in [-0.1, -0.05) is 12.2 Å². The molecule has 0 aliphatic carbocycles. The molecule has 0 saturated heterocycles. The highest BCUT2D eigenvalue weighted by Gasteiger charge is 2.33. The van der Waals surface area contributed by atoms with Crippen LogP contribution in [-0.4, -0.2) is 27.8 Å². The number of hydrogen-bond donors (Lipinski definition) is 1. The number of allylic oxidation sites excluding steroid dienone is 1. The lowest BCUT2D eigenvalue weighted by atomic mass is 10.2. The van der Waals surface area contributed by atoms with Gasteiger partial charge < -0.3 is 4.74 Å². The number of benzene rings is 1. The van der Waals surface area contributed by atoms with Crippen LogP contribution < -0.4 is 25.5 Å². The van der Waals surface area contributed by atoms with Gasteiger partial charge >= 0.3 is 11.6 Å². The molecule has 0 radical (unpaired) electrons. The minimum Gasteiger partial charge on any atom is -0.497 e. The van der Waals surface area contributed by atoms with Crippen LogP contribution in [0.5, 0.6) is 5.75 Å². The van der Waals surface area contributed by atoms with Crippen LogP contribution in [0.15, 0.2) is 46.0 Å². The van der Waals surface area contributed by atoms with Gasteiger partial charge in [0.1, 0.15) is 11.4 Å². The lowest BCUT2D eigenvalue weighted by Crippen LogP contribution is -2.49. The van der Waals surface area contributed by atoms with E-state index in [0.29, 0.717) is 17.7 Å². The summed E-state index contributed by atoms with van der Waals surface area (Å²) in [6.07, 6.45) is 0.888. The molecule has 0 amide bonds. The van der Waals surface area contributed by atoms with Crippen molar-refractivity contribution in [2.45, 2.75) is 26.4 Å². The van der Waals surface area contributed by atoms with Crippen LogP contribution >= 0.6 is 0 Å². The fraction of sp³-hybridized carbons (Fsp3) is 0.350. The lowest BCUT2D eigenvalue weighted by molar-refractivity contribution is -0.663. The van der Waals surface area contributed by atoms with Crippen LogP contribution in [0.1, 0.15) is 13.3 Å². The molecule has 1 aromatic carbocycles. The average Bonchev–Trinajstić information content (AvgIpc) is 3.09. The number of nitrogens with one attached hydrogen (secondary N) is 1. The molecule has 1 aliphatic heterocycles. The Balaban J connectivity index is 1.94. The van der Waals surface area contributed by atoms with E-state index in [4.69, 9.17) is 4.74 Å². The summed E-state index contributed by atoms with van der Waals surface area (Å²) in [4.78, 5) is 31.3.